The van der Waals surface area contributed by atoms with Gasteiger partial charge in [0.2, 0.25) is 0 Å². The Morgan fingerprint density at radius 1 is 1.12 bits per heavy atom. The van der Waals surface area contributed by atoms with Gasteiger partial charge in [0.1, 0.15) is 11.9 Å². The van der Waals surface area contributed by atoms with E-state index in [9.17, 15) is 5.26 Å². The minimum Gasteiger partial charge on any atom is -0.367 e. The van der Waals surface area contributed by atoms with Crippen molar-refractivity contribution in [3.63, 3.8) is 0 Å². The van der Waals surface area contributed by atoms with Gasteiger partial charge in [-0.15, -0.1) is 0 Å². The van der Waals surface area contributed by atoms with Gasteiger partial charge in [-0.2, -0.15) is 5.26 Å². The Labute approximate surface area is 146 Å². The smallest absolute Gasteiger partial charge is 0.122 e. The molecule has 2 aromatic heterocycles. The molecule has 0 N–H and O–H groups in total. The van der Waals surface area contributed by atoms with E-state index in [-0.39, 0.29) is 0 Å². The molecule has 126 valence electrons. The third-order valence-electron chi connectivity index (χ3n) is 4.84. The van der Waals surface area contributed by atoms with Crippen LogP contribution in [0.5, 0.6) is 0 Å². The summed E-state index contributed by atoms with van der Waals surface area (Å²) in [6.45, 7) is 4.56. The molecule has 1 fully saturated rings. The second kappa shape index (κ2) is 6.54. The molecule has 4 rings (SSSR count). The molecule has 0 atom stereocenters. The molecule has 0 amide bonds. The van der Waals surface area contributed by atoms with Gasteiger partial charge < -0.3 is 9.47 Å². The van der Waals surface area contributed by atoms with Gasteiger partial charge >= 0.3 is 0 Å². The number of piperazine rings is 1. The Bertz CT molecular complexity index is 930. The zero-order chi connectivity index (χ0) is 17.2. The van der Waals surface area contributed by atoms with Gasteiger partial charge in [-0.1, -0.05) is 18.2 Å². The summed E-state index contributed by atoms with van der Waals surface area (Å²) in [5.74, 6) is 1.08. The van der Waals surface area contributed by atoms with Crippen molar-refractivity contribution in [3.05, 3.63) is 54.2 Å². The summed E-state index contributed by atoms with van der Waals surface area (Å²) in [6, 6.07) is 10.3. The number of pyridine rings is 1. The highest BCUT2D eigenvalue weighted by Gasteiger charge is 2.22. The third kappa shape index (κ3) is 2.94. The number of anilines is 1. The van der Waals surface area contributed by atoms with Crippen LogP contribution in [-0.2, 0) is 13.6 Å². The summed E-state index contributed by atoms with van der Waals surface area (Å²) in [5.41, 5.74) is 2.60. The molecule has 0 unspecified atom stereocenters. The SMILES string of the molecule is Cn1ccnc1CN1CCN(c2c(C#N)cnc3ccccc23)CC1. The number of rotatable bonds is 3. The molecular formula is C19H20N6. The molecule has 25 heavy (non-hydrogen) atoms. The number of nitriles is 1. The van der Waals surface area contributed by atoms with Crippen LogP contribution in [0.1, 0.15) is 11.4 Å². The second-order valence-electron chi connectivity index (χ2n) is 6.37. The Morgan fingerprint density at radius 3 is 2.64 bits per heavy atom. The summed E-state index contributed by atoms with van der Waals surface area (Å²) in [5, 5.41) is 10.6. The summed E-state index contributed by atoms with van der Waals surface area (Å²) >= 11 is 0. The summed E-state index contributed by atoms with van der Waals surface area (Å²) in [7, 11) is 2.03. The lowest BCUT2D eigenvalue weighted by Crippen LogP contribution is -2.46. The molecule has 1 aliphatic heterocycles. The highest BCUT2D eigenvalue weighted by Crippen LogP contribution is 2.30. The van der Waals surface area contributed by atoms with Gasteiger partial charge in [0, 0.05) is 57.2 Å². The lowest BCUT2D eigenvalue weighted by atomic mass is 10.1. The fourth-order valence-electron chi connectivity index (χ4n) is 3.43. The van der Waals surface area contributed by atoms with Crippen LogP contribution in [0.4, 0.5) is 5.69 Å². The van der Waals surface area contributed by atoms with E-state index in [0.29, 0.717) is 5.56 Å². The molecule has 6 nitrogen and oxygen atoms in total. The predicted octanol–water partition coefficient (Wildman–Crippen LogP) is 2.16. The van der Waals surface area contributed by atoms with Crippen LogP contribution < -0.4 is 4.90 Å². The number of aryl methyl sites for hydroxylation is 1. The number of aromatic nitrogens is 3. The van der Waals surface area contributed by atoms with E-state index in [0.717, 1.165) is 55.1 Å². The van der Waals surface area contributed by atoms with Crippen molar-refractivity contribution >= 4 is 16.6 Å². The van der Waals surface area contributed by atoms with E-state index in [1.807, 2.05) is 37.6 Å². The average Bonchev–Trinajstić information content (AvgIpc) is 3.06. The highest BCUT2D eigenvalue weighted by atomic mass is 15.3. The van der Waals surface area contributed by atoms with E-state index >= 15 is 0 Å². The molecule has 1 saturated heterocycles. The number of fused-ring (bicyclic) bond motifs is 1. The van der Waals surface area contributed by atoms with E-state index in [1.54, 1.807) is 6.20 Å². The van der Waals surface area contributed by atoms with E-state index in [1.165, 1.54) is 0 Å². The molecule has 3 aromatic rings. The van der Waals surface area contributed by atoms with Crippen molar-refractivity contribution in [2.24, 2.45) is 7.05 Å². The lowest BCUT2D eigenvalue weighted by molar-refractivity contribution is 0.242. The molecule has 1 aliphatic rings. The highest BCUT2D eigenvalue weighted by molar-refractivity contribution is 5.94. The van der Waals surface area contributed by atoms with Crippen molar-refractivity contribution in [2.75, 3.05) is 31.1 Å². The maximum Gasteiger partial charge on any atom is 0.122 e. The van der Waals surface area contributed by atoms with Crippen molar-refractivity contribution < 1.29 is 0 Å². The molecule has 0 bridgehead atoms. The standard InChI is InChI=1S/C19H20N6/c1-23-7-6-21-18(23)14-24-8-10-25(11-9-24)19-15(12-20)13-22-17-5-3-2-4-16(17)19/h2-7,13H,8-11,14H2,1H3. The summed E-state index contributed by atoms with van der Waals surface area (Å²) in [4.78, 5) is 13.6. The molecule has 6 heteroatoms. The van der Waals surface area contributed by atoms with Crippen LogP contribution >= 0.6 is 0 Å². The van der Waals surface area contributed by atoms with Crippen LogP contribution in [0.2, 0.25) is 0 Å². The van der Waals surface area contributed by atoms with E-state index < -0.39 is 0 Å². The fraction of sp³-hybridized carbons (Fsp3) is 0.316. The Kier molecular flexibility index (Phi) is 4.08. The van der Waals surface area contributed by atoms with Gasteiger partial charge in [0.25, 0.3) is 0 Å². The molecule has 0 aliphatic carbocycles. The Hall–Kier alpha value is -2.91. The summed E-state index contributed by atoms with van der Waals surface area (Å²) in [6.07, 6.45) is 5.51. The van der Waals surface area contributed by atoms with Gasteiger partial charge in [0.15, 0.2) is 0 Å². The summed E-state index contributed by atoms with van der Waals surface area (Å²) < 4.78 is 2.07. The van der Waals surface area contributed by atoms with Gasteiger partial charge in [0.05, 0.1) is 23.3 Å². The first kappa shape index (κ1) is 15.6. The third-order valence-corrected chi connectivity index (χ3v) is 4.84. The molecular weight excluding hydrogens is 312 g/mol. The molecule has 1 aromatic carbocycles. The number of hydrogen-bond donors (Lipinski definition) is 0. The van der Waals surface area contributed by atoms with Gasteiger partial charge in [-0.3, -0.25) is 9.88 Å². The average molecular weight is 332 g/mol. The Morgan fingerprint density at radius 2 is 1.92 bits per heavy atom. The van der Waals surface area contributed by atoms with Crippen LogP contribution in [0, 0.1) is 11.3 Å². The van der Waals surface area contributed by atoms with E-state index in [2.05, 4.69) is 36.5 Å². The van der Waals surface area contributed by atoms with Crippen molar-refractivity contribution in [2.45, 2.75) is 6.54 Å². The van der Waals surface area contributed by atoms with Crippen LogP contribution in [0.25, 0.3) is 10.9 Å². The first-order valence-corrected chi connectivity index (χ1v) is 8.47. The largest absolute Gasteiger partial charge is 0.367 e. The van der Waals surface area contributed by atoms with Crippen molar-refractivity contribution in [3.8, 4) is 6.07 Å². The van der Waals surface area contributed by atoms with E-state index in [4.69, 9.17) is 0 Å². The number of benzene rings is 1. The van der Waals surface area contributed by atoms with Gasteiger partial charge in [-0.05, 0) is 6.07 Å². The maximum atomic E-state index is 9.52. The maximum absolute atomic E-state index is 9.52. The first-order chi connectivity index (χ1) is 12.3. The molecule has 0 saturated carbocycles. The van der Waals surface area contributed by atoms with Crippen LogP contribution in [-0.4, -0.2) is 45.6 Å². The molecule has 0 radical (unpaired) electrons. The number of imidazole rings is 1. The van der Waals surface area contributed by atoms with Crippen LogP contribution in [0.3, 0.4) is 0 Å². The zero-order valence-electron chi connectivity index (χ0n) is 14.3. The first-order valence-electron chi connectivity index (χ1n) is 8.47. The minimum atomic E-state index is 0.649. The minimum absolute atomic E-state index is 0.649. The Balaban J connectivity index is 1.56. The number of hydrogen-bond acceptors (Lipinski definition) is 5. The molecule has 0 spiro atoms. The normalized spacial score (nSPS) is 15.4. The van der Waals surface area contributed by atoms with Crippen molar-refractivity contribution in [1.29, 1.82) is 5.26 Å². The number of nitrogens with zero attached hydrogens (tertiary/aromatic N) is 6. The quantitative estimate of drug-likeness (QED) is 0.735. The zero-order valence-corrected chi connectivity index (χ0v) is 14.3. The lowest BCUT2D eigenvalue weighted by Gasteiger charge is -2.36. The van der Waals surface area contributed by atoms with Crippen molar-refractivity contribution in [1.82, 2.24) is 19.4 Å². The number of para-hydroxylation sites is 1. The van der Waals surface area contributed by atoms with Gasteiger partial charge in [-0.25, -0.2) is 4.98 Å². The fourth-order valence-corrected chi connectivity index (χ4v) is 3.43. The second-order valence-corrected chi connectivity index (χ2v) is 6.37. The molecule has 3 heterocycles. The topological polar surface area (TPSA) is 61.0 Å². The van der Waals surface area contributed by atoms with Crippen LogP contribution in [0.15, 0.2) is 42.9 Å². The predicted molar refractivity (Wildman–Crippen MR) is 97.2 cm³/mol. The monoisotopic (exact) mass is 332 g/mol.